The van der Waals surface area contributed by atoms with Crippen LogP contribution in [0.3, 0.4) is 0 Å². The molecule has 3 aromatic rings. The lowest BCUT2D eigenvalue weighted by atomic mass is 10.0. The largest absolute Gasteiger partial charge is 0.468 e. The molecule has 1 heterocycles. The highest BCUT2D eigenvalue weighted by Gasteiger charge is 2.22. The van der Waals surface area contributed by atoms with Crippen molar-refractivity contribution in [3.8, 4) is 0 Å². The Morgan fingerprint density at radius 1 is 1.03 bits per heavy atom. The highest BCUT2D eigenvalue weighted by Crippen LogP contribution is 2.29. The Morgan fingerprint density at radius 2 is 1.68 bits per heavy atom. The van der Waals surface area contributed by atoms with E-state index in [4.69, 9.17) is 11.6 Å². The van der Waals surface area contributed by atoms with E-state index in [9.17, 15) is 19.2 Å². The third-order valence-corrected chi connectivity index (χ3v) is 5.28. The van der Waals surface area contributed by atoms with Crippen molar-refractivity contribution >= 4 is 46.1 Å². The van der Waals surface area contributed by atoms with E-state index in [1.165, 1.54) is 18.6 Å². The molecule has 7 nitrogen and oxygen atoms in total. The lowest BCUT2D eigenvalue weighted by molar-refractivity contribution is -0.141. The van der Waals surface area contributed by atoms with Gasteiger partial charge in [0.15, 0.2) is 5.78 Å². The Labute approximate surface area is 183 Å². The molecule has 0 spiro atoms. The molecule has 0 unspecified atom stereocenters. The number of aromatic nitrogens is 1. The van der Waals surface area contributed by atoms with Gasteiger partial charge in [-0.05, 0) is 61.9 Å². The first-order chi connectivity index (χ1) is 14.7. The first kappa shape index (κ1) is 22.2. The fourth-order valence-electron chi connectivity index (χ4n) is 3.37. The molecule has 31 heavy (non-hydrogen) atoms. The van der Waals surface area contributed by atoms with E-state index in [1.54, 1.807) is 49.4 Å². The van der Waals surface area contributed by atoms with E-state index in [1.807, 2.05) is 0 Å². The van der Waals surface area contributed by atoms with Crippen LogP contribution in [0.15, 0.2) is 42.5 Å². The Hall–Kier alpha value is -3.45. The molecule has 160 valence electrons. The van der Waals surface area contributed by atoms with Crippen molar-refractivity contribution in [1.29, 1.82) is 0 Å². The molecule has 0 radical (unpaired) electrons. The number of methoxy groups -OCH3 is 1. The minimum absolute atomic E-state index is 0.0679. The van der Waals surface area contributed by atoms with Gasteiger partial charge < -0.3 is 10.1 Å². The van der Waals surface area contributed by atoms with Gasteiger partial charge in [-0.3, -0.25) is 23.7 Å². The van der Waals surface area contributed by atoms with Crippen LogP contribution in [-0.2, 0) is 20.7 Å². The van der Waals surface area contributed by atoms with Crippen LogP contribution in [0.25, 0.3) is 10.9 Å². The fraction of sp³-hybridized carbons (Fsp3) is 0.217. The Kier molecular flexibility index (Phi) is 6.56. The average Bonchev–Trinajstić information content (AvgIpc) is 3.02. The molecule has 0 fully saturated rings. The first-order valence-corrected chi connectivity index (χ1v) is 9.89. The summed E-state index contributed by atoms with van der Waals surface area (Å²) in [4.78, 5) is 48.9. The Bertz CT molecular complexity index is 1190. The fourth-order valence-corrected chi connectivity index (χ4v) is 3.50. The second kappa shape index (κ2) is 9.14. The average molecular weight is 441 g/mol. The number of carbonyl (C=O) groups excluding carboxylic acids is 4. The van der Waals surface area contributed by atoms with Gasteiger partial charge in [0.25, 0.3) is 5.91 Å². The highest BCUT2D eigenvalue weighted by molar-refractivity contribution is 6.30. The van der Waals surface area contributed by atoms with Crippen molar-refractivity contribution < 1.29 is 23.9 Å². The highest BCUT2D eigenvalue weighted by atomic mass is 35.5. The first-order valence-electron chi connectivity index (χ1n) is 9.51. The summed E-state index contributed by atoms with van der Waals surface area (Å²) in [7, 11) is 1.23. The lowest BCUT2D eigenvalue weighted by Crippen LogP contribution is -2.31. The number of ether oxygens (including phenoxy) is 1. The quantitative estimate of drug-likeness (QED) is 0.468. The topological polar surface area (TPSA) is 94.5 Å². The Balaban J connectivity index is 2.08. The van der Waals surface area contributed by atoms with E-state index in [0.717, 1.165) is 0 Å². The minimum atomic E-state index is -0.565. The maximum Gasteiger partial charge on any atom is 0.325 e. The summed E-state index contributed by atoms with van der Waals surface area (Å²) in [5, 5.41) is 3.64. The number of esters is 1. The van der Waals surface area contributed by atoms with Gasteiger partial charge in [-0.1, -0.05) is 11.6 Å². The van der Waals surface area contributed by atoms with Crippen LogP contribution in [0.1, 0.15) is 38.9 Å². The van der Waals surface area contributed by atoms with Crippen LogP contribution >= 0.6 is 11.6 Å². The van der Waals surface area contributed by atoms with Crippen LogP contribution < -0.4 is 5.32 Å². The molecule has 1 amide bonds. The number of carbonyl (C=O) groups is 4. The third kappa shape index (κ3) is 4.67. The molecular weight excluding hydrogens is 420 g/mol. The van der Waals surface area contributed by atoms with Crippen LogP contribution in [0.2, 0.25) is 5.02 Å². The minimum Gasteiger partial charge on any atom is -0.468 e. The molecule has 0 atom stereocenters. The van der Waals surface area contributed by atoms with Gasteiger partial charge in [0.2, 0.25) is 5.91 Å². The third-order valence-electron chi connectivity index (χ3n) is 5.03. The zero-order chi connectivity index (χ0) is 22.7. The number of hydrogen-bond acceptors (Lipinski definition) is 5. The van der Waals surface area contributed by atoms with Crippen molar-refractivity contribution in [3.05, 3.63) is 69.9 Å². The normalized spacial score (nSPS) is 10.7. The zero-order valence-electron chi connectivity index (χ0n) is 17.3. The summed E-state index contributed by atoms with van der Waals surface area (Å²) in [5.41, 5.74) is 2.66. The van der Waals surface area contributed by atoms with Gasteiger partial charge >= 0.3 is 5.97 Å². The lowest BCUT2D eigenvalue weighted by Gasteiger charge is -2.08. The van der Waals surface area contributed by atoms with E-state index in [2.05, 4.69) is 10.1 Å². The Morgan fingerprint density at radius 3 is 2.29 bits per heavy atom. The number of fused-ring (bicyclic) bond motifs is 1. The smallest absolute Gasteiger partial charge is 0.325 e. The van der Waals surface area contributed by atoms with Gasteiger partial charge in [0.1, 0.15) is 6.54 Å². The van der Waals surface area contributed by atoms with Crippen LogP contribution in [0, 0.1) is 6.92 Å². The molecule has 0 aliphatic carbocycles. The summed E-state index contributed by atoms with van der Waals surface area (Å²) >= 11 is 5.93. The number of amides is 1. The summed E-state index contributed by atoms with van der Waals surface area (Å²) in [6.07, 6.45) is -0.0679. The SMILES string of the molecule is COC(=O)CNC(=O)Cc1c(C)n(C(=O)c2ccc(Cl)cc2)c2ccc(C(C)=O)cc12. The van der Waals surface area contributed by atoms with Crippen molar-refractivity contribution in [2.45, 2.75) is 20.3 Å². The van der Waals surface area contributed by atoms with Crippen LogP contribution in [0.4, 0.5) is 0 Å². The van der Waals surface area contributed by atoms with Gasteiger partial charge in [0, 0.05) is 27.2 Å². The summed E-state index contributed by atoms with van der Waals surface area (Å²) in [6, 6.07) is 11.5. The van der Waals surface area contributed by atoms with E-state index in [0.29, 0.717) is 38.3 Å². The molecule has 1 N–H and O–H groups in total. The van der Waals surface area contributed by atoms with E-state index >= 15 is 0 Å². The van der Waals surface area contributed by atoms with E-state index in [-0.39, 0.29) is 24.7 Å². The number of benzene rings is 2. The molecular formula is C23H21ClN2O5. The van der Waals surface area contributed by atoms with E-state index < -0.39 is 11.9 Å². The molecule has 3 rings (SSSR count). The van der Waals surface area contributed by atoms with Crippen molar-refractivity contribution in [3.63, 3.8) is 0 Å². The van der Waals surface area contributed by atoms with Gasteiger partial charge in [-0.2, -0.15) is 0 Å². The number of hydrogen-bond donors (Lipinski definition) is 1. The molecule has 2 aromatic carbocycles. The summed E-state index contributed by atoms with van der Waals surface area (Å²) < 4.78 is 6.05. The molecule has 0 bridgehead atoms. The maximum absolute atomic E-state index is 13.3. The zero-order valence-corrected chi connectivity index (χ0v) is 18.1. The number of halogens is 1. The molecule has 1 aromatic heterocycles. The van der Waals surface area contributed by atoms with Gasteiger partial charge in [0.05, 0.1) is 19.0 Å². The predicted octanol–water partition coefficient (Wildman–Crippen LogP) is 3.33. The summed E-state index contributed by atoms with van der Waals surface area (Å²) in [5.74, 6) is -1.38. The second-order valence-corrected chi connectivity index (χ2v) is 7.47. The number of Topliss-reactive ketones (excluding diaryl/α,β-unsaturated/α-hetero) is 1. The van der Waals surface area contributed by atoms with Crippen molar-refractivity contribution in [2.24, 2.45) is 0 Å². The molecule has 0 saturated heterocycles. The van der Waals surface area contributed by atoms with Crippen molar-refractivity contribution in [2.75, 3.05) is 13.7 Å². The molecule has 0 aliphatic heterocycles. The maximum atomic E-state index is 13.3. The molecule has 0 saturated carbocycles. The standard InChI is InChI=1S/C23H21ClN2O5/c1-13-18(11-21(28)25-12-22(29)31-3)19-10-16(14(2)27)6-9-20(19)26(13)23(30)15-4-7-17(24)8-5-15/h4-10H,11-12H2,1-3H3,(H,25,28). The summed E-state index contributed by atoms with van der Waals surface area (Å²) in [6.45, 7) is 2.94. The molecule has 0 aliphatic rings. The van der Waals surface area contributed by atoms with Crippen LogP contribution in [0.5, 0.6) is 0 Å². The van der Waals surface area contributed by atoms with Gasteiger partial charge in [-0.15, -0.1) is 0 Å². The molecule has 8 heteroatoms. The number of rotatable bonds is 6. The monoisotopic (exact) mass is 440 g/mol. The van der Waals surface area contributed by atoms with Crippen LogP contribution in [-0.4, -0.2) is 41.8 Å². The second-order valence-electron chi connectivity index (χ2n) is 7.03. The number of nitrogens with one attached hydrogen (secondary N) is 1. The van der Waals surface area contributed by atoms with Gasteiger partial charge in [-0.25, -0.2) is 0 Å². The van der Waals surface area contributed by atoms with Crippen molar-refractivity contribution in [1.82, 2.24) is 9.88 Å². The number of ketones is 1. The number of nitrogens with zero attached hydrogens (tertiary/aromatic N) is 1. The predicted molar refractivity (Wildman–Crippen MR) is 117 cm³/mol.